The first kappa shape index (κ1) is 15.5. The lowest BCUT2D eigenvalue weighted by atomic mass is 10.1. The lowest BCUT2D eigenvalue weighted by Gasteiger charge is -2.21. The van der Waals surface area contributed by atoms with Crippen LogP contribution < -0.4 is 10.2 Å². The summed E-state index contributed by atoms with van der Waals surface area (Å²) in [7, 11) is 2.07. The molecule has 0 fully saturated rings. The van der Waals surface area contributed by atoms with Crippen molar-refractivity contribution in [3.05, 3.63) is 53.2 Å². The van der Waals surface area contributed by atoms with Crippen LogP contribution >= 0.6 is 0 Å². The molecule has 0 aliphatic carbocycles. The number of hydrogen-bond acceptors (Lipinski definition) is 3. The van der Waals surface area contributed by atoms with Gasteiger partial charge in [-0.05, 0) is 37.6 Å². The highest BCUT2D eigenvalue weighted by atomic mass is 15.2. The van der Waals surface area contributed by atoms with Gasteiger partial charge >= 0.3 is 0 Å². The molecule has 0 saturated heterocycles. The van der Waals surface area contributed by atoms with Crippen molar-refractivity contribution in [1.29, 1.82) is 0 Å². The average Bonchev–Trinajstić information content (AvgIpc) is 2.45. The summed E-state index contributed by atoms with van der Waals surface area (Å²) in [6.45, 7) is 9.35. The van der Waals surface area contributed by atoms with Crippen molar-refractivity contribution in [2.45, 2.75) is 40.3 Å². The molecule has 1 aromatic carbocycles. The molecule has 2 aromatic rings. The molecule has 0 amide bonds. The maximum Gasteiger partial charge on any atom is 0.133 e. The molecular weight excluding hydrogens is 258 g/mol. The zero-order valence-corrected chi connectivity index (χ0v) is 13.6. The zero-order valence-electron chi connectivity index (χ0n) is 13.6. The number of benzene rings is 1. The minimum Gasteiger partial charge on any atom is -0.329 e. The lowest BCUT2D eigenvalue weighted by Crippen LogP contribution is -2.23. The molecule has 2 rings (SSSR count). The summed E-state index contributed by atoms with van der Waals surface area (Å²) >= 11 is 0. The standard InChI is InChI=1S/C18H25N3/c1-13(2)19-12-16-7-6-8-18(20-16)21(5)17-10-9-14(3)11-15(17)4/h6-11,13,19H,12H2,1-5H3. The summed E-state index contributed by atoms with van der Waals surface area (Å²) in [6, 6.07) is 13.2. The van der Waals surface area contributed by atoms with Crippen molar-refractivity contribution in [2.24, 2.45) is 0 Å². The normalized spacial score (nSPS) is 11.0. The first-order valence-electron chi connectivity index (χ1n) is 7.47. The van der Waals surface area contributed by atoms with Crippen LogP contribution in [0.1, 0.15) is 30.7 Å². The Kier molecular flexibility index (Phi) is 4.97. The highest BCUT2D eigenvalue weighted by Gasteiger charge is 2.09. The molecule has 1 heterocycles. The summed E-state index contributed by atoms with van der Waals surface area (Å²) in [5.74, 6) is 0.977. The molecule has 0 atom stereocenters. The summed E-state index contributed by atoms with van der Waals surface area (Å²) in [5, 5.41) is 3.41. The van der Waals surface area contributed by atoms with Crippen LogP contribution in [0.4, 0.5) is 11.5 Å². The molecule has 3 heteroatoms. The fraction of sp³-hybridized carbons (Fsp3) is 0.389. The van der Waals surface area contributed by atoms with Gasteiger partial charge in [0.15, 0.2) is 0 Å². The SMILES string of the molecule is Cc1ccc(N(C)c2cccc(CNC(C)C)n2)c(C)c1. The fourth-order valence-corrected chi connectivity index (χ4v) is 2.37. The van der Waals surface area contributed by atoms with Gasteiger partial charge in [0, 0.05) is 25.3 Å². The van der Waals surface area contributed by atoms with E-state index in [2.05, 4.69) is 81.4 Å². The predicted octanol–water partition coefficient (Wildman–Crippen LogP) is 3.96. The Balaban J connectivity index is 2.22. The summed E-state index contributed by atoms with van der Waals surface area (Å²) in [6.07, 6.45) is 0. The van der Waals surface area contributed by atoms with E-state index in [4.69, 9.17) is 4.98 Å². The number of aryl methyl sites for hydroxylation is 2. The second-order valence-corrected chi connectivity index (χ2v) is 5.87. The van der Waals surface area contributed by atoms with Crippen LogP contribution in [-0.4, -0.2) is 18.1 Å². The van der Waals surface area contributed by atoms with Gasteiger partial charge in [-0.1, -0.05) is 37.6 Å². The van der Waals surface area contributed by atoms with Gasteiger partial charge in [-0.25, -0.2) is 4.98 Å². The molecule has 0 unspecified atom stereocenters. The molecular formula is C18H25N3. The smallest absolute Gasteiger partial charge is 0.133 e. The van der Waals surface area contributed by atoms with E-state index < -0.39 is 0 Å². The molecule has 1 N–H and O–H groups in total. The highest BCUT2D eigenvalue weighted by molar-refractivity contribution is 5.63. The van der Waals surface area contributed by atoms with Gasteiger partial charge in [-0.15, -0.1) is 0 Å². The molecule has 0 spiro atoms. The Morgan fingerprint density at radius 1 is 1.14 bits per heavy atom. The van der Waals surface area contributed by atoms with Gasteiger partial charge in [0.2, 0.25) is 0 Å². The largest absolute Gasteiger partial charge is 0.329 e. The number of aromatic nitrogens is 1. The molecule has 0 aliphatic heterocycles. The quantitative estimate of drug-likeness (QED) is 0.900. The van der Waals surface area contributed by atoms with E-state index in [9.17, 15) is 0 Å². The minimum atomic E-state index is 0.465. The summed E-state index contributed by atoms with van der Waals surface area (Å²) in [5.41, 5.74) is 4.82. The molecule has 0 bridgehead atoms. The maximum atomic E-state index is 4.75. The lowest BCUT2D eigenvalue weighted by molar-refractivity contribution is 0.581. The number of anilines is 2. The van der Waals surface area contributed by atoms with Crippen LogP contribution in [0.15, 0.2) is 36.4 Å². The van der Waals surface area contributed by atoms with E-state index in [0.29, 0.717) is 6.04 Å². The second kappa shape index (κ2) is 6.72. The van der Waals surface area contributed by atoms with E-state index in [-0.39, 0.29) is 0 Å². The van der Waals surface area contributed by atoms with Gasteiger partial charge in [0.25, 0.3) is 0 Å². The van der Waals surface area contributed by atoms with Crippen molar-refractivity contribution in [2.75, 3.05) is 11.9 Å². The van der Waals surface area contributed by atoms with Crippen molar-refractivity contribution in [3.8, 4) is 0 Å². The Bertz CT molecular complexity index is 605. The number of hydrogen-bond donors (Lipinski definition) is 1. The van der Waals surface area contributed by atoms with E-state index in [1.54, 1.807) is 0 Å². The molecule has 0 saturated carbocycles. The van der Waals surface area contributed by atoms with Crippen LogP contribution in [0, 0.1) is 13.8 Å². The predicted molar refractivity (Wildman–Crippen MR) is 90.2 cm³/mol. The van der Waals surface area contributed by atoms with Crippen LogP contribution in [0.5, 0.6) is 0 Å². The Labute approximate surface area is 128 Å². The Morgan fingerprint density at radius 2 is 1.90 bits per heavy atom. The second-order valence-electron chi connectivity index (χ2n) is 5.87. The van der Waals surface area contributed by atoms with Crippen molar-refractivity contribution < 1.29 is 0 Å². The van der Waals surface area contributed by atoms with Crippen LogP contribution in [0.2, 0.25) is 0 Å². The molecule has 112 valence electrons. The molecule has 0 radical (unpaired) electrons. The first-order chi connectivity index (χ1) is 9.97. The molecule has 3 nitrogen and oxygen atoms in total. The van der Waals surface area contributed by atoms with E-state index in [0.717, 1.165) is 18.1 Å². The van der Waals surface area contributed by atoms with Crippen molar-refractivity contribution in [1.82, 2.24) is 10.3 Å². The summed E-state index contributed by atoms with van der Waals surface area (Å²) < 4.78 is 0. The first-order valence-corrected chi connectivity index (χ1v) is 7.47. The summed E-state index contributed by atoms with van der Waals surface area (Å²) in [4.78, 5) is 6.89. The number of pyridine rings is 1. The van der Waals surface area contributed by atoms with Gasteiger partial charge in [0.05, 0.1) is 5.69 Å². The zero-order chi connectivity index (χ0) is 15.4. The van der Waals surface area contributed by atoms with Crippen molar-refractivity contribution in [3.63, 3.8) is 0 Å². The maximum absolute atomic E-state index is 4.75. The van der Waals surface area contributed by atoms with Gasteiger partial charge in [0.1, 0.15) is 5.82 Å². The van der Waals surface area contributed by atoms with Crippen LogP contribution in [0.3, 0.4) is 0 Å². The Hall–Kier alpha value is -1.87. The number of nitrogens with one attached hydrogen (secondary N) is 1. The number of rotatable bonds is 5. The minimum absolute atomic E-state index is 0.465. The highest BCUT2D eigenvalue weighted by Crippen LogP contribution is 2.26. The van der Waals surface area contributed by atoms with Gasteiger partial charge < -0.3 is 10.2 Å². The molecule has 0 aliphatic rings. The van der Waals surface area contributed by atoms with E-state index in [1.165, 1.54) is 16.8 Å². The Morgan fingerprint density at radius 3 is 2.57 bits per heavy atom. The average molecular weight is 283 g/mol. The van der Waals surface area contributed by atoms with Gasteiger partial charge in [-0.3, -0.25) is 0 Å². The van der Waals surface area contributed by atoms with E-state index in [1.807, 2.05) is 0 Å². The molecule has 1 aromatic heterocycles. The number of nitrogens with zero attached hydrogens (tertiary/aromatic N) is 2. The third-order valence-electron chi connectivity index (χ3n) is 3.54. The van der Waals surface area contributed by atoms with Crippen LogP contribution in [-0.2, 0) is 6.54 Å². The topological polar surface area (TPSA) is 28.2 Å². The van der Waals surface area contributed by atoms with Crippen LogP contribution in [0.25, 0.3) is 0 Å². The monoisotopic (exact) mass is 283 g/mol. The third kappa shape index (κ3) is 4.05. The van der Waals surface area contributed by atoms with Crippen molar-refractivity contribution >= 4 is 11.5 Å². The van der Waals surface area contributed by atoms with E-state index >= 15 is 0 Å². The molecule has 21 heavy (non-hydrogen) atoms. The van der Waals surface area contributed by atoms with Gasteiger partial charge in [-0.2, -0.15) is 0 Å². The fourth-order valence-electron chi connectivity index (χ4n) is 2.37. The third-order valence-corrected chi connectivity index (χ3v) is 3.54.